The number of rotatable bonds is 4. The van der Waals surface area contributed by atoms with Crippen LogP contribution >= 0.6 is 34.2 Å². The summed E-state index contributed by atoms with van der Waals surface area (Å²) in [5, 5.41) is 0.532. The first-order chi connectivity index (χ1) is 9.24. The predicted octanol–water partition coefficient (Wildman–Crippen LogP) is 4.19. The first-order valence-electron chi connectivity index (χ1n) is 6.13. The molecular weight excluding hydrogens is 375 g/mol. The highest BCUT2D eigenvalue weighted by Gasteiger charge is 2.29. The number of hydrogen-bond donors (Lipinski definition) is 0. The van der Waals surface area contributed by atoms with E-state index in [2.05, 4.69) is 32.6 Å². The van der Waals surface area contributed by atoms with Gasteiger partial charge in [0.15, 0.2) is 5.82 Å². The van der Waals surface area contributed by atoms with E-state index in [1.54, 1.807) is 0 Å². The van der Waals surface area contributed by atoms with Crippen LogP contribution in [0.1, 0.15) is 30.3 Å². The average Bonchev–Trinajstić information content (AvgIpc) is 3.25. The summed E-state index contributed by atoms with van der Waals surface area (Å²) in [5.41, 5.74) is 1.08. The van der Waals surface area contributed by atoms with E-state index in [1.807, 2.05) is 30.3 Å². The maximum atomic E-state index is 6.16. The van der Waals surface area contributed by atoms with Crippen molar-refractivity contribution >= 4 is 34.2 Å². The zero-order valence-corrected chi connectivity index (χ0v) is 13.1. The molecule has 5 heteroatoms. The third kappa shape index (κ3) is 3.17. The van der Waals surface area contributed by atoms with Crippen molar-refractivity contribution in [1.29, 1.82) is 0 Å². The van der Waals surface area contributed by atoms with E-state index in [0.29, 0.717) is 23.5 Å². The third-order valence-corrected chi connectivity index (χ3v) is 4.61. The van der Waals surface area contributed by atoms with Crippen molar-refractivity contribution in [3.8, 4) is 5.75 Å². The molecule has 3 nitrogen and oxygen atoms in total. The van der Waals surface area contributed by atoms with Gasteiger partial charge in [-0.2, -0.15) is 0 Å². The Morgan fingerprint density at radius 1 is 1.21 bits per heavy atom. The third-order valence-electron chi connectivity index (χ3n) is 2.96. The second-order valence-electron chi connectivity index (χ2n) is 4.51. The molecule has 0 amide bonds. The molecule has 3 rings (SSSR count). The maximum Gasteiger partial charge on any atom is 0.167 e. The number of halogens is 2. The molecule has 1 aliphatic rings. The van der Waals surface area contributed by atoms with Gasteiger partial charge in [0.1, 0.15) is 17.5 Å². The van der Waals surface area contributed by atoms with E-state index >= 15 is 0 Å². The Labute approximate surface area is 130 Å². The van der Waals surface area contributed by atoms with Crippen molar-refractivity contribution in [2.45, 2.75) is 25.4 Å². The van der Waals surface area contributed by atoms with Crippen LogP contribution in [0.15, 0.2) is 30.3 Å². The summed E-state index contributed by atoms with van der Waals surface area (Å²) in [4.78, 5) is 8.86. The standard InChI is InChI=1S/C14H12ClIN2O/c15-14-12(16)13(9-6-7-9)17-11(18-14)8-19-10-4-2-1-3-5-10/h1-5,9H,6-8H2. The molecule has 98 valence electrons. The van der Waals surface area contributed by atoms with Crippen LogP contribution < -0.4 is 4.74 Å². The zero-order valence-electron chi connectivity index (χ0n) is 10.1. The van der Waals surface area contributed by atoms with Crippen LogP contribution in [0.5, 0.6) is 5.75 Å². The Morgan fingerprint density at radius 2 is 1.95 bits per heavy atom. The minimum atomic E-state index is 0.348. The van der Waals surface area contributed by atoms with Gasteiger partial charge in [0.2, 0.25) is 0 Å². The van der Waals surface area contributed by atoms with E-state index in [4.69, 9.17) is 16.3 Å². The minimum Gasteiger partial charge on any atom is -0.486 e. The minimum absolute atomic E-state index is 0.348. The van der Waals surface area contributed by atoms with Gasteiger partial charge in [-0.3, -0.25) is 0 Å². The monoisotopic (exact) mass is 386 g/mol. The summed E-state index contributed by atoms with van der Waals surface area (Å²) < 4.78 is 6.63. The Balaban J connectivity index is 1.77. The van der Waals surface area contributed by atoms with Gasteiger partial charge in [0.25, 0.3) is 0 Å². The maximum absolute atomic E-state index is 6.16. The van der Waals surface area contributed by atoms with Crippen LogP contribution in [0.4, 0.5) is 0 Å². The number of para-hydroxylation sites is 1. The predicted molar refractivity (Wildman–Crippen MR) is 82.5 cm³/mol. The highest BCUT2D eigenvalue weighted by Crippen LogP contribution is 2.42. The Kier molecular flexibility index (Phi) is 3.88. The van der Waals surface area contributed by atoms with E-state index in [9.17, 15) is 0 Å². The summed E-state index contributed by atoms with van der Waals surface area (Å²) in [6, 6.07) is 9.65. The van der Waals surface area contributed by atoms with Gasteiger partial charge in [-0.25, -0.2) is 9.97 Å². The average molecular weight is 387 g/mol. The molecule has 0 spiro atoms. The van der Waals surface area contributed by atoms with Crippen LogP contribution in [0.3, 0.4) is 0 Å². The normalized spacial score (nSPS) is 14.4. The summed E-state index contributed by atoms with van der Waals surface area (Å²) >= 11 is 8.38. The Bertz CT molecular complexity index is 587. The first-order valence-corrected chi connectivity index (χ1v) is 7.59. The van der Waals surface area contributed by atoms with E-state index in [0.717, 1.165) is 15.0 Å². The van der Waals surface area contributed by atoms with Crippen molar-refractivity contribution in [2.24, 2.45) is 0 Å². The fourth-order valence-corrected chi connectivity index (χ4v) is 2.71. The smallest absolute Gasteiger partial charge is 0.167 e. The molecular formula is C14H12ClIN2O. The molecule has 1 heterocycles. The van der Waals surface area contributed by atoms with Gasteiger partial charge in [0, 0.05) is 5.92 Å². The topological polar surface area (TPSA) is 35.0 Å². The van der Waals surface area contributed by atoms with Crippen LogP contribution in [-0.4, -0.2) is 9.97 Å². The van der Waals surface area contributed by atoms with E-state index in [-0.39, 0.29) is 0 Å². The van der Waals surface area contributed by atoms with E-state index in [1.165, 1.54) is 12.8 Å². The molecule has 1 aromatic carbocycles. The summed E-state index contributed by atoms with van der Waals surface area (Å²) in [6.45, 7) is 0.348. The highest BCUT2D eigenvalue weighted by atomic mass is 127. The fourth-order valence-electron chi connectivity index (χ4n) is 1.84. The number of hydrogen-bond acceptors (Lipinski definition) is 3. The molecule has 1 saturated carbocycles. The molecule has 1 aromatic heterocycles. The largest absolute Gasteiger partial charge is 0.486 e. The van der Waals surface area contributed by atoms with Gasteiger partial charge >= 0.3 is 0 Å². The molecule has 0 unspecified atom stereocenters. The highest BCUT2D eigenvalue weighted by molar-refractivity contribution is 14.1. The van der Waals surface area contributed by atoms with Crippen molar-refractivity contribution in [2.75, 3.05) is 0 Å². The lowest BCUT2D eigenvalue weighted by molar-refractivity contribution is 0.295. The Hall–Kier alpha value is -0.880. The zero-order chi connectivity index (χ0) is 13.2. The number of nitrogens with zero attached hydrogens (tertiary/aromatic N) is 2. The molecule has 0 N–H and O–H groups in total. The number of ether oxygens (including phenoxy) is 1. The van der Waals surface area contributed by atoms with Crippen molar-refractivity contribution in [1.82, 2.24) is 9.97 Å². The van der Waals surface area contributed by atoms with Crippen LogP contribution in [0, 0.1) is 3.57 Å². The Morgan fingerprint density at radius 3 is 2.63 bits per heavy atom. The molecule has 0 bridgehead atoms. The second-order valence-corrected chi connectivity index (χ2v) is 5.94. The van der Waals surface area contributed by atoms with Crippen LogP contribution in [-0.2, 0) is 6.61 Å². The molecule has 1 aliphatic carbocycles. The quantitative estimate of drug-likeness (QED) is 0.584. The molecule has 0 saturated heterocycles. The van der Waals surface area contributed by atoms with Gasteiger partial charge in [-0.15, -0.1) is 0 Å². The number of aromatic nitrogens is 2. The fraction of sp³-hybridized carbons (Fsp3) is 0.286. The summed E-state index contributed by atoms with van der Waals surface area (Å²) in [6.07, 6.45) is 2.39. The molecule has 2 aromatic rings. The molecule has 19 heavy (non-hydrogen) atoms. The molecule has 0 radical (unpaired) electrons. The molecule has 0 atom stereocenters. The number of benzene rings is 1. The van der Waals surface area contributed by atoms with Gasteiger partial charge in [0.05, 0.1) is 9.26 Å². The summed E-state index contributed by atoms with van der Waals surface area (Å²) in [5.74, 6) is 2.02. The SMILES string of the molecule is Clc1nc(COc2ccccc2)nc(C2CC2)c1I. The van der Waals surface area contributed by atoms with Crippen LogP contribution in [0.2, 0.25) is 5.15 Å². The van der Waals surface area contributed by atoms with E-state index < -0.39 is 0 Å². The van der Waals surface area contributed by atoms with Crippen molar-refractivity contribution in [3.05, 3.63) is 50.6 Å². The lowest BCUT2D eigenvalue weighted by atomic mass is 10.3. The first kappa shape index (κ1) is 13.1. The second kappa shape index (κ2) is 5.63. The van der Waals surface area contributed by atoms with Crippen molar-refractivity contribution < 1.29 is 4.74 Å². The van der Waals surface area contributed by atoms with Gasteiger partial charge < -0.3 is 4.74 Å². The van der Waals surface area contributed by atoms with Crippen molar-refractivity contribution in [3.63, 3.8) is 0 Å². The lowest BCUT2D eigenvalue weighted by Crippen LogP contribution is -2.06. The van der Waals surface area contributed by atoms with Crippen LogP contribution in [0.25, 0.3) is 0 Å². The molecule has 0 aliphatic heterocycles. The van der Waals surface area contributed by atoms with Gasteiger partial charge in [-0.1, -0.05) is 29.8 Å². The summed E-state index contributed by atoms with van der Waals surface area (Å²) in [7, 11) is 0. The molecule has 1 fully saturated rings. The lowest BCUT2D eigenvalue weighted by Gasteiger charge is -2.08. The van der Waals surface area contributed by atoms with Gasteiger partial charge in [-0.05, 0) is 47.6 Å².